The summed E-state index contributed by atoms with van der Waals surface area (Å²) in [6.07, 6.45) is 3.78. The predicted molar refractivity (Wildman–Crippen MR) is 82.1 cm³/mol. The van der Waals surface area contributed by atoms with E-state index in [1.165, 1.54) is 25.8 Å². The third kappa shape index (κ3) is 2.51. The van der Waals surface area contributed by atoms with Gasteiger partial charge in [0.05, 0.1) is 11.3 Å². The number of likely N-dealkylation sites (tertiary alicyclic amines) is 1. The fourth-order valence-electron chi connectivity index (χ4n) is 3.74. The lowest BCUT2D eigenvalue weighted by Crippen LogP contribution is -2.52. The number of hydrogen-bond acceptors (Lipinski definition) is 3. The first-order valence-corrected chi connectivity index (χ1v) is 7.71. The Labute approximate surface area is 125 Å². The second-order valence-corrected chi connectivity index (χ2v) is 6.39. The van der Waals surface area contributed by atoms with E-state index in [0.717, 1.165) is 30.7 Å². The van der Waals surface area contributed by atoms with E-state index in [0.29, 0.717) is 10.6 Å². The average Bonchev–Trinajstić information content (AvgIpc) is 2.47. The Morgan fingerprint density at radius 3 is 2.95 bits per heavy atom. The van der Waals surface area contributed by atoms with Gasteiger partial charge in [-0.25, -0.2) is 0 Å². The minimum atomic E-state index is 0.637. The predicted octanol–water partition coefficient (Wildman–Crippen LogP) is 3.13. The molecule has 2 saturated heterocycles. The number of nitrogens with zero attached hydrogens (tertiary/aromatic N) is 3. The molecule has 0 spiro atoms. The van der Waals surface area contributed by atoms with Gasteiger partial charge in [-0.05, 0) is 57.0 Å². The molecule has 0 saturated carbocycles. The summed E-state index contributed by atoms with van der Waals surface area (Å²) in [7, 11) is 2.25. The van der Waals surface area contributed by atoms with Crippen molar-refractivity contribution in [3.63, 3.8) is 0 Å². The van der Waals surface area contributed by atoms with E-state index in [9.17, 15) is 5.26 Å². The highest BCUT2D eigenvalue weighted by Gasteiger charge is 2.34. The lowest BCUT2D eigenvalue weighted by Gasteiger charge is -2.46. The molecule has 2 atom stereocenters. The second kappa shape index (κ2) is 5.63. The van der Waals surface area contributed by atoms with E-state index in [1.54, 1.807) is 6.07 Å². The van der Waals surface area contributed by atoms with Gasteiger partial charge in [-0.3, -0.25) is 0 Å². The molecule has 0 aromatic heterocycles. The maximum atomic E-state index is 9.30. The van der Waals surface area contributed by atoms with Gasteiger partial charge in [0.25, 0.3) is 0 Å². The number of benzene rings is 1. The smallest absolute Gasteiger partial charge is 0.101 e. The van der Waals surface area contributed by atoms with Crippen LogP contribution < -0.4 is 4.90 Å². The van der Waals surface area contributed by atoms with Gasteiger partial charge in [0.2, 0.25) is 0 Å². The standard InChI is InChI=1S/C16H20ClN3/c1-19-7-2-3-12-11-20(8-6-15(12)19)16-5-4-14(17)9-13(16)10-18/h4-5,9,12,15H,2-3,6-8,11H2,1H3. The van der Waals surface area contributed by atoms with Crippen LogP contribution in [0.1, 0.15) is 24.8 Å². The molecule has 2 aliphatic rings. The number of fused-ring (bicyclic) bond motifs is 1. The Morgan fingerprint density at radius 2 is 2.15 bits per heavy atom. The summed E-state index contributed by atoms with van der Waals surface area (Å²) in [6.45, 7) is 3.32. The Balaban J connectivity index is 1.81. The highest BCUT2D eigenvalue weighted by atomic mass is 35.5. The van der Waals surface area contributed by atoms with Crippen molar-refractivity contribution in [1.82, 2.24) is 4.90 Å². The highest BCUT2D eigenvalue weighted by Crippen LogP contribution is 2.33. The largest absolute Gasteiger partial charge is 0.370 e. The van der Waals surface area contributed by atoms with Gasteiger partial charge < -0.3 is 9.80 Å². The molecule has 1 aromatic carbocycles. The molecule has 0 amide bonds. The van der Waals surface area contributed by atoms with Crippen molar-refractivity contribution in [3.8, 4) is 6.07 Å². The van der Waals surface area contributed by atoms with Gasteiger partial charge in [-0.2, -0.15) is 5.26 Å². The zero-order valence-electron chi connectivity index (χ0n) is 11.8. The van der Waals surface area contributed by atoms with Crippen LogP contribution in [0.15, 0.2) is 18.2 Å². The number of piperidine rings is 2. The zero-order valence-corrected chi connectivity index (χ0v) is 12.6. The van der Waals surface area contributed by atoms with E-state index < -0.39 is 0 Å². The van der Waals surface area contributed by atoms with E-state index >= 15 is 0 Å². The molecular weight excluding hydrogens is 270 g/mol. The van der Waals surface area contributed by atoms with Gasteiger partial charge in [-0.15, -0.1) is 0 Å². The van der Waals surface area contributed by atoms with E-state index in [2.05, 4.69) is 22.9 Å². The molecule has 4 heteroatoms. The highest BCUT2D eigenvalue weighted by molar-refractivity contribution is 6.30. The van der Waals surface area contributed by atoms with Gasteiger partial charge in [0.15, 0.2) is 0 Å². The Kier molecular flexibility index (Phi) is 3.87. The zero-order chi connectivity index (χ0) is 14.1. The van der Waals surface area contributed by atoms with Crippen molar-refractivity contribution in [3.05, 3.63) is 28.8 Å². The average molecular weight is 290 g/mol. The number of anilines is 1. The van der Waals surface area contributed by atoms with Crippen LogP contribution in [0.25, 0.3) is 0 Å². The van der Waals surface area contributed by atoms with E-state index in [-0.39, 0.29) is 0 Å². The van der Waals surface area contributed by atoms with Crippen molar-refractivity contribution in [2.75, 3.05) is 31.6 Å². The summed E-state index contributed by atoms with van der Waals surface area (Å²) < 4.78 is 0. The van der Waals surface area contributed by atoms with Crippen LogP contribution in [-0.4, -0.2) is 37.6 Å². The van der Waals surface area contributed by atoms with Gasteiger partial charge in [0.1, 0.15) is 6.07 Å². The first-order valence-electron chi connectivity index (χ1n) is 7.34. The normalized spacial score (nSPS) is 26.9. The molecule has 2 unspecified atom stereocenters. The van der Waals surface area contributed by atoms with Crippen LogP contribution in [0.2, 0.25) is 5.02 Å². The third-order valence-electron chi connectivity index (χ3n) is 4.77. The lowest BCUT2D eigenvalue weighted by atomic mass is 9.84. The monoisotopic (exact) mass is 289 g/mol. The molecule has 0 bridgehead atoms. The molecule has 3 rings (SSSR count). The maximum absolute atomic E-state index is 9.30. The molecule has 2 heterocycles. The quantitative estimate of drug-likeness (QED) is 0.796. The summed E-state index contributed by atoms with van der Waals surface area (Å²) in [5.41, 5.74) is 1.74. The summed E-state index contributed by atoms with van der Waals surface area (Å²) in [4.78, 5) is 4.88. The van der Waals surface area contributed by atoms with Crippen LogP contribution in [0.5, 0.6) is 0 Å². The molecule has 0 N–H and O–H groups in total. The van der Waals surface area contributed by atoms with Crippen LogP contribution in [-0.2, 0) is 0 Å². The van der Waals surface area contributed by atoms with E-state index in [1.807, 2.05) is 12.1 Å². The Bertz CT molecular complexity index is 537. The van der Waals surface area contributed by atoms with Gasteiger partial charge >= 0.3 is 0 Å². The summed E-state index contributed by atoms with van der Waals surface area (Å²) >= 11 is 5.99. The van der Waals surface area contributed by atoms with Crippen molar-refractivity contribution in [1.29, 1.82) is 5.26 Å². The van der Waals surface area contributed by atoms with Crippen LogP contribution >= 0.6 is 11.6 Å². The van der Waals surface area contributed by atoms with Crippen LogP contribution in [0.4, 0.5) is 5.69 Å². The first kappa shape index (κ1) is 13.7. The number of halogens is 1. The minimum absolute atomic E-state index is 0.637. The summed E-state index contributed by atoms with van der Waals surface area (Å²) in [6, 6.07) is 8.65. The SMILES string of the molecule is CN1CCCC2CN(c3ccc(Cl)cc3C#N)CCC21. The maximum Gasteiger partial charge on any atom is 0.101 e. The molecule has 2 aliphatic heterocycles. The second-order valence-electron chi connectivity index (χ2n) is 5.96. The molecule has 20 heavy (non-hydrogen) atoms. The molecule has 1 aromatic rings. The van der Waals surface area contributed by atoms with Crippen molar-refractivity contribution in [2.24, 2.45) is 5.92 Å². The Morgan fingerprint density at radius 1 is 1.30 bits per heavy atom. The number of hydrogen-bond donors (Lipinski definition) is 0. The fraction of sp³-hybridized carbons (Fsp3) is 0.562. The first-order chi connectivity index (χ1) is 9.69. The van der Waals surface area contributed by atoms with Crippen molar-refractivity contribution >= 4 is 17.3 Å². The minimum Gasteiger partial charge on any atom is -0.370 e. The third-order valence-corrected chi connectivity index (χ3v) is 5.00. The fourth-order valence-corrected chi connectivity index (χ4v) is 3.92. The van der Waals surface area contributed by atoms with Crippen molar-refractivity contribution < 1.29 is 0 Å². The van der Waals surface area contributed by atoms with Gasteiger partial charge in [-0.1, -0.05) is 11.6 Å². The summed E-state index contributed by atoms with van der Waals surface area (Å²) in [5.74, 6) is 0.727. The van der Waals surface area contributed by atoms with Crippen LogP contribution in [0.3, 0.4) is 0 Å². The lowest BCUT2D eigenvalue weighted by molar-refractivity contribution is 0.102. The van der Waals surface area contributed by atoms with Gasteiger partial charge in [0, 0.05) is 24.2 Å². The molecule has 2 fully saturated rings. The van der Waals surface area contributed by atoms with Crippen molar-refractivity contribution in [2.45, 2.75) is 25.3 Å². The molecule has 3 nitrogen and oxygen atoms in total. The molecular formula is C16H20ClN3. The summed E-state index contributed by atoms with van der Waals surface area (Å²) in [5, 5.41) is 9.94. The molecule has 106 valence electrons. The topological polar surface area (TPSA) is 30.3 Å². The Hall–Kier alpha value is -1.24. The van der Waals surface area contributed by atoms with E-state index in [4.69, 9.17) is 11.6 Å². The molecule has 0 aliphatic carbocycles. The van der Waals surface area contributed by atoms with Crippen LogP contribution in [0, 0.1) is 17.2 Å². The number of rotatable bonds is 1. The molecule has 0 radical (unpaired) electrons. The number of nitriles is 1.